The van der Waals surface area contributed by atoms with E-state index < -0.39 is 0 Å². The van der Waals surface area contributed by atoms with E-state index in [4.69, 9.17) is 23.7 Å². The van der Waals surface area contributed by atoms with Crippen molar-refractivity contribution in [1.82, 2.24) is 0 Å². The van der Waals surface area contributed by atoms with Crippen LogP contribution in [-0.2, 0) is 23.7 Å². The Bertz CT molecular complexity index is 206. The molecule has 1 fully saturated rings. The zero-order valence-corrected chi connectivity index (χ0v) is 11.9. The normalized spacial score (nSPS) is 28.8. The minimum atomic E-state index is -0.322. The van der Waals surface area contributed by atoms with Crippen LogP contribution in [0.5, 0.6) is 0 Å². The Morgan fingerprint density at radius 3 is 2.22 bits per heavy atom. The lowest BCUT2D eigenvalue weighted by Gasteiger charge is -2.38. The van der Waals surface area contributed by atoms with Crippen molar-refractivity contribution in [2.75, 3.05) is 26.9 Å². The Morgan fingerprint density at radius 2 is 1.72 bits per heavy atom. The zero-order valence-electron chi connectivity index (χ0n) is 11.9. The highest BCUT2D eigenvalue weighted by molar-refractivity contribution is 4.74. The third kappa shape index (κ3) is 4.48. The second kappa shape index (κ2) is 8.82. The first-order valence-electron chi connectivity index (χ1n) is 6.79. The molecule has 5 nitrogen and oxygen atoms in total. The first-order valence-corrected chi connectivity index (χ1v) is 6.79. The molecule has 1 heterocycles. The Morgan fingerprint density at radius 1 is 1.06 bits per heavy atom. The van der Waals surface area contributed by atoms with Crippen LogP contribution in [0.4, 0.5) is 0 Å². The minimum absolute atomic E-state index is 0.0937. The third-order valence-electron chi connectivity index (χ3n) is 2.98. The predicted molar refractivity (Wildman–Crippen MR) is 67.1 cm³/mol. The summed E-state index contributed by atoms with van der Waals surface area (Å²) >= 11 is 0. The molecule has 0 radical (unpaired) electrons. The monoisotopic (exact) mass is 262 g/mol. The highest BCUT2D eigenvalue weighted by atomic mass is 16.8. The molecule has 1 aliphatic rings. The molecule has 0 amide bonds. The average Bonchev–Trinajstić information content (AvgIpc) is 2.39. The second-order valence-corrected chi connectivity index (χ2v) is 4.15. The SMILES string of the molecule is CCOC(OCC)C1CCC(OC)OC1OCC. The molecular formula is C13H26O5. The van der Waals surface area contributed by atoms with Gasteiger partial charge < -0.3 is 23.7 Å². The first kappa shape index (κ1) is 15.9. The molecule has 5 heteroatoms. The van der Waals surface area contributed by atoms with E-state index in [1.807, 2.05) is 20.8 Å². The molecule has 1 aliphatic heterocycles. The smallest absolute Gasteiger partial charge is 0.168 e. The standard InChI is InChI=1S/C13H26O5/c1-5-15-12(16-6-2)10-8-9-11(14-4)18-13(10)17-7-3/h10-13H,5-9H2,1-4H3. The first-order chi connectivity index (χ1) is 8.76. The van der Waals surface area contributed by atoms with Crippen LogP contribution in [0.1, 0.15) is 33.6 Å². The maximum absolute atomic E-state index is 5.76. The molecule has 0 aromatic carbocycles. The summed E-state index contributed by atoms with van der Waals surface area (Å²) in [6.07, 6.45) is 0.961. The maximum Gasteiger partial charge on any atom is 0.168 e. The van der Waals surface area contributed by atoms with Gasteiger partial charge in [-0.25, -0.2) is 0 Å². The van der Waals surface area contributed by atoms with Crippen molar-refractivity contribution in [3.05, 3.63) is 0 Å². The predicted octanol–water partition coefficient (Wildman–Crippen LogP) is 2.15. The van der Waals surface area contributed by atoms with Crippen molar-refractivity contribution < 1.29 is 23.7 Å². The largest absolute Gasteiger partial charge is 0.356 e. The molecule has 3 unspecified atom stereocenters. The van der Waals surface area contributed by atoms with E-state index in [2.05, 4.69) is 0 Å². The molecule has 0 N–H and O–H groups in total. The summed E-state index contributed by atoms with van der Waals surface area (Å²) in [7, 11) is 1.65. The molecule has 108 valence electrons. The molecule has 0 bridgehead atoms. The number of methoxy groups -OCH3 is 1. The van der Waals surface area contributed by atoms with Gasteiger partial charge in [-0.3, -0.25) is 0 Å². The molecule has 1 saturated heterocycles. The third-order valence-corrected chi connectivity index (χ3v) is 2.98. The van der Waals surface area contributed by atoms with Crippen molar-refractivity contribution >= 4 is 0 Å². The topological polar surface area (TPSA) is 46.2 Å². The zero-order chi connectivity index (χ0) is 13.4. The fraction of sp³-hybridized carbons (Fsp3) is 1.00. The van der Waals surface area contributed by atoms with Gasteiger partial charge in [0.1, 0.15) is 0 Å². The molecule has 0 aromatic rings. The fourth-order valence-corrected chi connectivity index (χ4v) is 2.17. The Balaban J connectivity index is 2.63. The van der Waals surface area contributed by atoms with E-state index >= 15 is 0 Å². The highest BCUT2D eigenvalue weighted by Gasteiger charge is 2.38. The Hall–Kier alpha value is -0.200. The van der Waals surface area contributed by atoms with Gasteiger partial charge in [-0.15, -0.1) is 0 Å². The van der Waals surface area contributed by atoms with Crippen LogP contribution >= 0.6 is 0 Å². The Labute approximate surface area is 110 Å². The van der Waals surface area contributed by atoms with Crippen molar-refractivity contribution in [2.24, 2.45) is 5.92 Å². The highest BCUT2D eigenvalue weighted by Crippen LogP contribution is 2.30. The lowest BCUT2D eigenvalue weighted by Crippen LogP contribution is -2.45. The van der Waals surface area contributed by atoms with Crippen LogP contribution in [0.2, 0.25) is 0 Å². The van der Waals surface area contributed by atoms with Gasteiger partial charge in [0, 0.05) is 26.9 Å². The average molecular weight is 262 g/mol. The summed E-state index contributed by atoms with van der Waals surface area (Å²) in [4.78, 5) is 0. The second-order valence-electron chi connectivity index (χ2n) is 4.15. The van der Waals surface area contributed by atoms with Crippen LogP contribution in [-0.4, -0.2) is 45.8 Å². The molecule has 3 atom stereocenters. The molecule has 18 heavy (non-hydrogen) atoms. The van der Waals surface area contributed by atoms with Crippen LogP contribution in [0.3, 0.4) is 0 Å². The number of rotatable bonds is 8. The van der Waals surface area contributed by atoms with Gasteiger partial charge in [-0.05, 0) is 33.6 Å². The molecule has 0 spiro atoms. The van der Waals surface area contributed by atoms with Gasteiger partial charge in [-0.1, -0.05) is 0 Å². The Kier molecular flexibility index (Phi) is 7.77. The molecular weight excluding hydrogens is 236 g/mol. The van der Waals surface area contributed by atoms with Gasteiger partial charge in [-0.2, -0.15) is 0 Å². The lowest BCUT2D eigenvalue weighted by molar-refractivity contribution is -0.315. The quantitative estimate of drug-likeness (QED) is 0.627. The van der Waals surface area contributed by atoms with Crippen molar-refractivity contribution in [1.29, 1.82) is 0 Å². The van der Waals surface area contributed by atoms with Crippen LogP contribution < -0.4 is 0 Å². The summed E-state index contributed by atoms with van der Waals surface area (Å²) in [5.74, 6) is 0.0937. The minimum Gasteiger partial charge on any atom is -0.356 e. The number of hydrogen-bond acceptors (Lipinski definition) is 5. The maximum atomic E-state index is 5.76. The van der Waals surface area contributed by atoms with E-state index in [0.29, 0.717) is 19.8 Å². The summed E-state index contributed by atoms with van der Waals surface area (Å²) in [6, 6.07) is 0. The van der Waals surface area contributed by atoms with E-state index in [9.17, 15) is 0 Å². The van der Waals surface area contributed by atoms with Crippen molar-refractivity contribution in [3.8, 4) is 0 Å². The summed E-state index contributed by atoms with van der Waals surface area (Å²) in [5, 5.41) is 0. The number of ether oxygens (including phenoxy) is 5. The van der Waals surface area contributed by atoms with Crippen LogP contribution in [0, 0.1) is 5.92 Å². The van der Waals surface area contributed by atoms with E-state index in [0.717, 1.165) is 12.8 Å². The summed E-state index contributed by atoms with van der Waals surface area (Å²) in [5.41, 5.74) is 0. The van der Waals surface area contributed by atoms with Gasteiger partial charge in [0.15, 0.2) is 18.9 Å². The van der Waals surface area contributed by atoms with E-state index in [-0.39, 0.29) is 24.8 Å². The van der Waals surface area contributed by atoms with Gasteiger partial charge >= 0.3 is 0 Å². The van der Waals surface area contributed by atoms with Crippen molar-refractivity contribution in [2.45, 2.75) is 52.5 Å². The molecule has 0 aliphatic carbocycles. The summed E-state index contributed by atoms with van der Waals surface area (Å²) in [6.45, 7) is 7.71. The van der Waals surface area contributed by atoms with E-state index in [1.54, 1.807) is 7.11 Å². The van der Waals surface area contributed by atoms with Crippen molar-refractivity contribution in [3.63, 3.8) is 0 Å². The number of hydrogen-bond donors (Lipinski definition) is 0. The van der Waals surface area contributed by atoms with Gasteiger partial charge in [0.05, 0.1) is 5.92 Å². The fourth-order valence-electron chi connectivity index (χ4n) is 2.17. The van der Waals surface area contributed by atoms with E-state index in [1.165, 1.54) is 0 Å². The molecule has 0 saturated carbocycles. The lowest BCUT2D eigenvalue weighted by atomic mass is 9.98. The van der Waals surface area contributed by atoms with Gasteiger partial charge in [0.25, 0.3) is 0 Å². The van der Waals surface area contributed by atoms with Gasteiger partial charge in [0.2, 0.25) is 0 Å². The molecule has 0 aromatic heterocycles. The van der Waals surface area contributed by atoms with Crippen LogP contribution in [0.25, 0.3) is 0 Å². The molecule has 1 rings (SSSR count). The summed E-state index contributed by atoms with van der Waals surface area (Å²) < 4.78 is 27.9. The van der Waals surface area contributed by atoms with Crippen LogP contribution in [0.15, 0.2) is 0 Å².